The van der Waals surface area contributed by atoms with Crippen molar-refractivity contribution in [3.05, 3.63) is 82.8 Å². The number of aliphatic hydroxyl groups excluding tert-OH is 1. The number of rotatable bonds is 5. The maximum absolute atomic E-state index is 13.0. The molecule has 0 radical (unpaired) electrons. The third kappa shape index (κ3) is 3.53. The van der Waals surface area contributed by atoms with Crippen LogP contribution in [0, 0.1) is 0 Å². The molecule has 2 aromatic carbocycles. The van der Waals surface area contributed by atoms with Gasteiger partial charge in [-0.15, -0.1) is 0 Å². The van der Waals surface area contributed by atoms with Gasteiger partial charge in [0.25, 0.3) is 11.7 Å². The number of ketones is 1. The number of hydrogen-bond acceptors (Lipinski definition) is 6. The summed E-state index contributed by atoms with van der Waals surface area (Å²) in [5.41, 5.74) is 0.588. The largest absolute Gasteiger partial charge is 0.507 e. The standard InChI is InChI=1S/C23H18ClNO6/c1-29-15-6-3-5-14(12-15)25-20(18-7-4-10-31-18)19(22(27)23(25)28)21(26)13-8-9-17(30-2)16(24)11-13/h3-12,20,26H,1-2H3/b21-19-. The van der Waals surface area contributed by atoms with Crippen LogP contribution >= 0.6 is 11.6 Å². The van der Waals surface area contributed by atoms with E-state index in [0.29, 0.717) is 22.9 Å². The zero-order valence-electron chi connectivity index (χ0n) is 16.7. The van der Waals surface area contributed by atoms with Crippen LogP contribution in [0.2, 0.25) is 5.02 Å². The van der Waals surface area contributed by atoms with Crippen LogP contribution in [0.25, 0.3) is 5.76 Å². The van der Waals surface area contributed by atoms with Gasteiger partial charge in [-0.3, -0.25) is 14.5 Å². The molecule has 1 fully saturated rings. The summed E-state index contributed by atoms with van der Waals surface area (Å²) >= 11 is 6.19. The van der Waals surface area contributed by atoms with Crippen molar-refractivity contribution in [3.63, 3.8) is 0 Å². The zero-order chi connectivity index (χ0) is 22.1. The predicted octanol–water partition coefficient (Wildman–Crippen LogP) is 4.58. The summed E-state index contributed by atoms with van der Waals surface area (Å²) in [7, 11) is 2.97. The van der Waals surface area contributed by atoms with E-state index >= 15 is 0 Å². The van der Waals surface area contributed by atoms with Gasteiger partial charge < -0.3 is 19.0 Å². The number of methoxy groups -OCH3 is 2. The van der Waals surface area contributed by atoms with E-state index in [0.717, 1.165) is 0 Å². The van der Waals surface area contributed by atoms with Gasteiger partial charge in [0.05, 0.1) is 31.1 Å². The minimum absolute atomic E-state index is 0.107. The van der Waals surface area contributed by atoms with E-state index in [1.165, 1.54) is 31.4 Å². The first-order valence-corrected chi connectivity index (χ1v) is 9.66. The van der Waals surface area contributed by atoms with Crippen LogP contribution in [-0.2, 0) is 9.59 Å². The molecule has 0 bridgehead atoms. The first kappa shape index (κ1) is 20.6. The van der Waals surface area contributed by atoms with Crippen molar-refractivity contribution in [1.82, 2.24) is 0 Å². The number of benzene rings is 2. The maximum atomic E-state index is 13.0. The molecular formula is C23H18ClNO6. The van der Waals surface area contributed by atoms with Crippen LogP contribution in [0.4, 0.5) is 5.69 Å². The average Bonchev–Trinajstić information content (AvgIpc) is 3.40. The molecule has 158 valence electrons. The number of ether oxygens (including phenoxy) is 2. The molecule has 1 atom stereocenters. The lowest BCUT2D eigenvalue weighted by Crippen LogP contribution is -2.29. The van der Waals surface area contributed by atoms with Crippen LogP contribution in [0.15, 0.2) is 70.9 Å². The fourth-order valence-corrected chi connectivity index (χ4v) is 3.80. The molecule has 3 aromatic rings. The van der Waals surface area contributed by atoms with E-state index in [9.17, 15) is 14.7 Å². The Balaban J connectivity index is 1.91. The Hall–Kier alpha value is -3.71. The van der Waals surface area contributed by atoms with Crippen LogP contribution in [0.3, 0.4) is 0 Å². The molecule has 1 unspecified atom stereocenters. The third-order valence-electron chi connectivity index (χ3n) is 5.01. The van der Waals surface area contributed by atoms with Gasteiger partial charge in [0.15, 0.2) is 0 Å². The van der Waals surface area contributed by atoms with Crippen LogP contribution in [0.5, 0.6) is 11.5 Å². The van der Waals surface area contributed by atoms with Crippen molar-refractivity contribution in [3.8, 4) is 11.5 Å². The maximum Gasteiger partial charge on any atom is 0.300 e. The van der Waals surface area contributed by atoms with Gasteiger partial charge >= 0.3 is 0 Å². The summed E-state index contributed by atoms with van der Waals surface area (Å²) in [4.78, 5) is 27.3. The van der Waals surface area contributed by atoms with Crippen LogP contribution in [-0.4, -0.2) is 31.0 Å². The van der Waals surface area contributed by atoms with E-state index in [4.69, 9.17) is 25.5 Å². The monoisotopic (exact) mass is 439 g/mol. The Morgan fingerprint density at radius 2 is 1.87 bits per heavy atom. The summed E-state index contributed by atoms with van der Waals surface area (Å²) in [6, 6.07) is 13.6. The normalized spacial score (nSPS) is 17.8. The fraction of sp³-hybridized carbons (Fsp3) is 0.130. The molecule has 31 heavy (non-hydrogen) atoms. The summed E-state index contributed by atoms with van der Waals surface area (Å²) in [5.74, 6) is -0.750. The number of hydrogen-bond donors (Lipinski definition) is 1. The third-order valence-corrected chi connectivity index (χ3v) is 5.31. The van der Waals surface area contributed by atoms with E-state index in [1.807, 2.05) is 0 Å². The number of anilines is 1. The highest BCUT2D eigenvalue weighted by molar-refractivity contribution is 6.51. The number of Topliss-reactive ketones (excluding diaryl/α,β-unsaturated/α-hetero) is 1. The molecule has 7 nitrogen and oxygen atoms in total. The molecule has 0 spiro atoms. The highest BCUT2D eigenvalue weighted by atomic mass is 35.5. The average molecular weight is 440 g/mol. The SMILES string of the molecule is COc1cccc(N2C(=O)C(=O)/C(=C(\O)c3ccc(OC)c(Cl)c3)C2c2ccco2)c1. The predicted molar refractivity (Wildman–Crippen MR) is 114 cm³/mol. The number of furan rings is 1. The Morgan fingerprint density at radius 1 is 1.06 bits per heavy atom. The summed E-state index contributed by atoms with van der Waals surface area (Å²) in [5, 5.41) is 11.3. The topological polar surface area (TPSA) is 89.2 Å². The van der Waals surface area contributed by atoms with Gasteiger partial charge in [0, 0.05) is 17.3 Å². The van der Waals surface area contributed by atoms with E-state index in [2.05, 4.69) is 0 Å². The highest BCUT2D eigenvalue weighted by Gasteiger charge is 2.48. The molecule has 0 aliphatic carbocycles. The second-order valence-corrected chi connectivity index (χ2v) is 7.14. The number of aliphatic hydroxyl groups is 1. The Bertz CT molecular complexity index is 1180. The molecule has 1 amide bonds. The van der Waals surface area contributed by atoms with Gasteiger partial charge in [0.1, 0.15) is 29.1 Å². The first-order valence-electron chi connectivity index (χ1n) is 9.28. The lowest BCUT2D eigenvalue weighted by atomic mass is 9.99. The molecule has 8 heteroatoms. The number of carbonyl (C=O) groups excluding carboxylic acids is 2. The van der Waals surface area contributed by atoms with E-state index < -0.39 is 17.7 Å². The minimum Gasteiger partial charge on any atom is -0.507 e. The van der Waals surface area contributed by atoms with Gasteiger partial charge in [0.2, 0.25) is 0 Å². The minimum atomic E-state index is -0.969. The molecule has 4 rings (SSSR count). The zero-order valence-corrected chi connectivity index (χ0v) is 17.4. The molecule has 1 saturated heterocycles. The van der Waals surface area contributed by atoms with Gasteiger partial charge in [-0.25, -0.2) is 0 Å². The lowest BCUT2D eigenvalue weighted by Gasteiger charge is -2.23. The number of halogens is 1. The van der Waals surface area contributed by atoms with Crippen molar-refractivity contribution in [2.75, 3.05) is 19.1 Å². The van der Waals surface area contributed by atoms with Gasteiger partial charge in [-0.1, -0.05) is 17.7 Å². The lowest BCUT2D eigenvalue weighted by molar-refractivity contribution is -0.132. The van der Waals surface area contributed by atoms with E-state index in [-0.39, 0.29) is 21.9 Å². The molecule has 1 aromatic heterocycles. The fourth-order valence-electron chi connectivity index (χ4n) is 3.54. The summed E-state index contributed by atoms with van der Waals surface area (Å²) < 4.78 is 15.9. The highest BCUT2D eigenvalue weighted by Crippen LogP contribution is 2.43. The Labute approximate surface area is 183 Å². The molecule has 1 N–H and O–H groups in total. The van der Waals surface area contributed by atoms with Crippen LogP contribution in [0.1, 0.15) is 17.4 Å². The van der Waals surface area contributed by atoms with Crippen molar-refractivity contribution < 1.29 is 28.6 Å². The number of amides is 1. The van der Waals surface area contributed by atoms with E-state index in [1.54, 1.807) is 48.5 Å². The smallest absolute Gasteiger partial charge is 0.300 e. The van der Waals surface area contributed by atoms with Crippen molar-refractivity contribution in [2.24, 2.45) is 0 Å². The first-order chi connectivity index (χ1) is 15.0. The Morgan fingerprint density at radius 3 is 2.52 bits per heavy atom. The quantitative estimate of drug-likeness (QED) is 0.355. The van der Waals surface area contributed by atoms with Gasteiger partial charge in [-0.05, 0) is 42.5 Å². The number of carbonyl (C=O) groups is 2. The van der Waals surface area contributed by atoms with Crippen LogP contribution < -0.4 is 14.4 Å². The Kier molecular flexibility index (Phi) is 5.44. The van der Waals surface area contributed by atoms with Gasteiger partial charge in [-0.2, -0.15) is 0 Å². The van der Waals surface area contributed by atoms with Crippen molar-refractivity contribution in [2.45, 2.75) is 6.04 Å². The summed E-state index contributed by atoms with van der Waals surface area (Å²) in [6.45, 7) is 0. The van der Waals surface area contributed by atoms with Crippen molar-refractivity contribution >= 4 is 34.7 Å². The molecule has 1 aliphatic heterocycles. The molecule has 1 aliphatic rings. The van der Waals surface area contributed by atoms with Crippen molar-refractivity contribution in [1.29, 1.82) is 0 Å². The second kappa shape index (κ2) is 8.20. The molecule has 0 saturated carbocycles. The summed E-state index contributed by atoms with van der Waals surface area (Å²) in [6.07, 6.45) is 1.44. The molecule has 2 heterocycles. The second-order valence-electron chi connectivity index (χ2n) is 6.74. The molecular weight excluding hydrogens is 422 g/mol. The number of nitrogens with zero attached hydrogens (tertiary/aromatic N) is 1.